The summed E-state index contributed by atoms with van der Waals surface area (Å²) < 4.78 is 0. The Morgan fingerprint density at radius 1 is 1.38 bits per heavy atom. The van der Waals surface area contributed by atoms with Crippen LogP contribution in [0.5, 0.6) is 0 Å². The third kappa shape index (κ3) is 4.25. The number of hydrogen-bond donors (Lipinski definition) is 0. The van der Waals surface area contributed by atoms with Gasteiger partial charge in [0.1, 0.15) is 0 Å². The first kappa shape index (κ1) is 12.4. The number of pyridine rings is 1. The van der Waals surface area contributed by atoms with E-state index in [0.717, 1.165) is 6.54 Å². The first-order chi connectivity index (χ1) is 5.70. The minimum absolute atomic E-state index is 0. The maximum absolute atomic E-state index is 4.31. The number of hydrogen-bond acceptors (Lipinski definition) is 2. The zero-order valence-corrected chi connectivity index (χ0v) is 9.21. The van der Waals surface area contributed by atoms with Gasteiger partial charge in [0.15, 0.2) is 0 Å². The topological polar surface area (TPSA) is 16.1 Å². The average molecular weight is 201 g/mol. The summed E-state index contributed by atoms with van der Waals surface area (Å²) in [7, 11) is 4.17. The van der Waals surface area contributed by atoms with E-state index in [-0.39, 0.29) is 12.4 Å². The van der Waals surface area contributed by atoms with Crippen molar-refractivity contribution in [2.24, 2.45) is 0 Å². The summed E-state index contributed by atoms with van der Waals surface area (Å²) >= 11 is 0. The molecule has 74 valence electrons. The van der Waals surface area contributed by atoms with Gasteiger partial charge in [-0.15, -0.1) is 12.4 Å². The van der Waals surface area contributed by atoms with E-state index < -0.39 is 0 Å². The maximum atomic E-state index is 4.31. The van der Waals surface area contributed by atoms with E-state index in [1.54, 1.807) is 0 Å². The maximum Gasteiger partial charge on any atom is 0.0444 e. The van der Waals surface area contributed by atoms with E-state index in [2.05, 4.69) is 37.0 Å². The number of likely N-dealkylation sites (N-methyl/N-ethyl adjacent to an activating group) is 1. The molecule has 1 aromatic heterocycles. The molecule has 0 spiro atoms. The van der Waals surface area contributed by atoms with Crippen LogP contribution in [0.4, 0.5) is 0 Å². The van der Waals surface area contributed by atoms with E-state index >= 15 is 0 Å². The van der Waals surface area contributed by atoms with Gasteiger partial charge in [-0.05, 0) is 26.2 Å². The van der Waals surface area contributed by atoms with Gasteiger partial charge in [-0.1, -0.05) is 13.0 Å². The van der Waals surface area contributed by atoms with Crippen molar-refractivity contribution in [2.75, 3.05) is 20.6 Å². The summed E-state index contributed by atoms with van der Waals surface area (Å²) in [6.45, 7) is 3.25. The summed E-state index contributed by atoms with van der Waals surface area (Å²) in [4.78, 5) is 6.48. The van der Waals surface area contributed by atoms with Gasteiger partial charge in [-0.3, -0.25) is 4.98 Å². The van der Waals surface area contributed by atoms with Gasteiger partial charge in [-0.2, -0.15) is 0 Å². The van der Waals surface area contributed by atoms with Crippen LogP contribution >= 0.6 is 12.4 Å². The van der Waals surface area contributed by atoms with E-state index in [0.29, 0.717) is 5.92 Å². The second-order valence-electron chi connectivity index (χ2n) is 3.42. The molecule has 0 N–H and O–H groups in total. The van der Waals surface area contributed by atoms with Crippen LogP contribution in [0.2, 0.25) is 0 Å². The van der Waals surface area contributed by atoms with Crippen molar-refractivity contribution in [1.82, 2.24) is 9.88 Å². The van der Waals surface area contributed by atoms with Crippen molar-refractivity contribution < 1.29 is 0 Å². The fourth-order valence-corrected chi connectivity index (χ4v) is 1.31. The molecule has 13 heavy (non-hydrogen) atoms. The standard InChI is InChI=1S/C10H16N2.ClH/c1-9(8-12(2)3)10-6-4-5-7-11-10;/h4-7,9H,8H2,1-3H3;1H. The molecule has 1 unspecified atom stereocenters. The van der Waals surface area contributed by atoms with Gasteiger partial charge in [0.05, 0.1) is 0 Å². The van der Waals surface area contributed by atoms with Crippen molar-refractivity contribution in [2.45, 2.75) is 12.8 Å². The first-order valence-corrected chi connectivity index (χ1v) is 4.26. The molecule has 1 atom stereocenters. The van der Waals surface area contributed by atoms with Gasteiger partial charge in [0, 0.05) is 24.4 Å². The van der Waals surface area contributed by atoms with Gasteiger partial charge >= 0.3 is 0 Å². The van der Waals surface area contributed by atoms with Gasteiger partial charge < -0.3 is 4.90 Å². The van der Waals surface area contributed by atoms with E-state index in [1.165, 1.54) is 5.69 Å². The lowest BCUT2D eigenvalue weighted by atomic mass is 10.1. The average Bonchev–Trinajstić information content (AvgIpc) is 2.05. The van der Waals surface area contributed by atoms with Crippen molar-refractivity contribution in [3.05, 3.63) is 30.1 Å². The number of aromatic nitrogens is 1. The molecule has 3 heteroatoms. The van der Waals surface area contributed by atoms with Crippen LogP contribution in [0.3, 0.4) is 0 Å². The molecule has 0 aliphatic rings. The summed E-state index contributed by atoms with van der Waals surface area (Å²) in [5, 5.41) is 0. The Balaban J connectivity index is 0.00000144. The normalized spacial score (nSPS) is 12.3. The van der Waals surface area contributed by atoms with Crippen LogP contribution < -0.4 is 0 Å². The van der Waals surface area contributed by atoms with Crippen LogP contribution in [-0.2, 0) is 0 Å². The van der Waals surface area contributed by atoms with Crippen LogP contribution in [-0.4, -0.2) is 30.5 Å². The summed E-state index contributed by atoms with van der Waals surface area (Å²) in [6, 6.07) is 6.06. The molecular weight excluding hydrogens is 184 g/mol. The van der Waals surface area contributed by atoms with Crippen LogP contribution in [0.1, 0.15) is 18.5 Å². The largest absolute Gasteiger partial charge is 0.309 e. The smallest absolute Gasteiger partial charge is 0.0444 e. The van der Waals surface area contributed by atoms with E-state index in [1.807, 2.05) is 18.3 Å². The van der Waals surface area contributed by atoms with Crippen LogP contribution in [0.15, 0.2) is 24.4 Å². The molecule has 0 aliphatic heterocycles. The Hall–Kier alpha value is -0.600. The molecule has 0 saturated heterocycles. The minimum Gasteiger partial charge on any atom is -0.309 e. The van der Waals surface area contributed by atoms with Crippen molar-refractivity contribution in [1.29, 1.82) is 0 Å². The molecule has 0 fully saturated rings. The molecule has 0 radical (unpaired) electrons. The Kier molecular flexibility index (Phi) is 5.67. The molecule has 1 heterocycles. The van der Waals surface area contributed by atoms with Crippen molar-refractivity contribution >= 4 is 12.4 Å². The first-order valence-electron chi connectivity index (χ1n) is 4.26. The minimum atomic E-state index is 0. The fraction of sp³-hybridized carbons (Fsp3) is 0.500. The highest BCUT2D eigenvalue weighted by atomic mass is 35.5. The highest BCUT2D eigenvalue weighted by Gasteiger charge is 2.06. The molecule has 0 amide bonds. The third-order valence-electron chi connectivity index (χ3n) is 1.83. The number of rotatable bonds is 3. The van der Waals surface area contributed by atoms with Gasteiger partial charge in [0.2, 0.25) is 0 Å². The lowest BCUT2D eigenvalue weighted by molar-refractivity contribution is 0.380. The monoisotopic (exact) mass is 200 g/mol. The van der Waals surface area contributed by atoms with Gasteiger partial charge in [0.25, 0.3) is 0 Å². The third-order valence-corrected chi connectivity index (χ3v) is 1.83. The Morgan fingerprint density at radius 3 is 2.54 bits per heavy atom. The molecule has 0 bridgehead atoms. The highest BCUT2D eigenvalue weighted by molar-refractivity contribution is 5.85. The summed E-state index contributed by atoms with van der Waals surface area (Å²) in [5.41, 5.74) is 1.17. The molecular formula is C10H17ClN2. The van der Waals surface area contributed by atoms with E-state index in [9.17, 15) is 0 Å². The zero-order chi connectivity index (χ0) is 8.97. The molecule has 1 aromatic rings. The number of halogens is 1. The second-order valence-corrected chi connectivity index (χ2v) is 3.42. The molecule has 0 saturated carbocycles. The predicted molar refractivity (Wildman–Crippen MR) is 58.5 cm³/mol. The Morgan fingerprint density at radius 2 is 2.08 bits per heavy atom. The second kappa shape index (κ2) is 5.95. The van der Waals surface area contributed by atoms with Crippen LogP contribution in [0.25, 0.3) is 0 Å². The molecule has 0 aliphatic carbocycles. The molecule has 2 nitrogen and oxygen atoms in total. The Bertz CT molecular complexity index is 224. The summed E-state index contributed by atoms with van der Waals surface area (Å²) in [6.07, 6.45) is 1.85. The summed E-state index contributed by atoms with van der Waals surface area (Å²) in [5.74, 6) is 0.515. The quantitative estimate of drug-likeness (QED) is 0.744. The lowest BCUT2D eigenvalue weighted by Crippen LogP contribution is -2.18. The lowest BCUT2D eigenvalue weighted by Gasteiger charge is -2.15. The number of nitrogens with zero attached hydrogens (tertiary/aromatic N) is 2. The predicted octanol–water partition coefficient (Wildman–Crippen LogP) is 2.17. The van der Waals surface area contributed by atoms with Crippen molar-refractivity contribution in [3.63, 3.8) is 0 Å². The van der Waals surface area contributed by atoms with E-state index in [4.69, 9.17) is 0 Å². The highest BCUT2D eigenvalue weighted by Crippen LogP contribution is 2.11. The fourth-order valence-electron chi connectivity index (χ4n) is 1.31. The molecule has 1 rings (SSSR count). The van der Waals surface area contributed by atoms with Crippen molar-refractivity contribution in [3.8, 4) is 0 Å². The van der Waals surface area contributed by atoms with Gasteiger partial charge in [-0.25, -0.2) is 0 Å². The zero-order valence-electron chi connectivity index (χ0n) is 8.40. The molecule has 0 aromatic carbocycles. The SMILES string of the molecule is CC(CN(C)C)c1ccccn1.Cl. The Labute approximate surface area is 86.4 Å². The van der Waals surface area contributed by atoms with Crippen LogP contribution in [0, 0.1) is 0 Å².